The maximum absolute atomic E-state index is 6.28. The van der Waals surface area contributed by atoms with Crippen LogP contribution in [0.1, 0.15) is 24.9 Å². The molecule has 0 aliphatic heterocycles. The van der Waals surface area contributed by atoms with Crippen LogP contribution in [0.3, 0.4) is 0 Å². The molecule has 2 aromatic rings. The number of ether oxygens (including phenoxy) is 2. The Morgan fingerprint density at radius 2 is 1.57 bits per heavy atom. The van der Waals surface area contributed by atoms with E-state index in [1.54, 1.807) is 7.11 Å². The number of rotatable bonds is 7. The van der Waals surface area contributed by atoms with Crippen molar-refractivity contribution in [2.24, 2.45) is 11.7 Å². The van der Waals surface area contributed by atoms with Gasteiger partial charge in [0.1, 0.15) is 11.5 Å². The second-order valence-corrected chi connectivity index (χ2v) is 5.23. The first-order chi connectivity index (χ1) is 10.2. The molecule has 0 radical (unpaired) electrons. The molecule has 21 heavy (non-hydrogen) atoms. The lowest BCUT2D eigenvalue weighted by Crippen LogP contribution is -2.20. The Morgan fingerprint density at radius 1 is 0.952 bits per heavy atom. The zero-order valence-corrected chi connectivity index (χ0v) is 12.7. The normalized spacial score (nSPS) is 13.5. The average Bonchev–Trinajstić information content (AvgIpc) is 2.55. The van der Waals surface area contributed by atoms with E-state index in [0.717, 1.165) is 17.9 Å². The third-order valence-electron chi connectivity index (χ3n) is 3.70. The van der Waals surface area contributed by atoms with Gasteiger partial charge in [0, 0.05) is 6.04 Å². The standard InChI is InChI=1S/C18H23NO2/c1-14(18(19)15-6-4-3-5-7-15)12-13-21-17-10-8-16(20-2)9-11-17/h3-11,14,18H,12-13,19H2,1-2H3. The highest BCUT2D eigenvalue weighted by molar-refractivity contribution is 5.31. The number of benzene rings is 2. The second kappa shape index (κ2) is 7.70. The Kier molecular flexibility index (Phi) is 5.64. The van der Waals surface area contributed by atoms with Gasteiger partial charge in [0.2, 0.25) is 0 Å². The van der Waals surface area contributed by atoms with Crippen molar-refractivity contribution in [2.45, 2.75) is 19.4 Å². The molecule has 0 saturated carbocycles. The van der Waals surface area contributed by atoms with Crippen LogP contribution < -0.4 is 15.2 Å². The molecule has 0 aliphatic rings. The highest BCUT2D eigenvalue weighted by Gasteiger charge is 2.14. The third kappa shape index (κ3) is 4.50. The lowest BCUT2D eigenvalue weighted by molar-refractivity contribution is 0.270. The number of hydrogen-bond donors (Lipinski definition) is 1. The van der Waals surface area contributed by atoms with Crippen LogP contribution in [0.5, 0.6) is 11.5 Å². The van der Waals surface area contributed by atoms with E-state index in [4.69, 9.17) is 15.2 Å². The zero-order valence-electron chi connectivity index (χ0n) is 12.7. The van der Waals surface area contributed by atoms with Crippen molar-refractivity contribution in [3.8, 4) is 11.5 Å². The van der Waals surface area contributed by atoms with E-state index in [-0.39, 0.29) is 6.04 Å². The van der Waals surface area contributed by atoms with Crippen molar-refractivity contribution >= 4 is 0 Å². The van der Waals surface area contributed by atoms with E-state index >= 15 is 0 Å². The summed E-state index contributed by atoms with van der Waals surface area (Å²) < 4.78 is 10.9. The van der Waals surface area contributed by atoms with Gasteiger partial charge in [-0.3, -0.25) is 0 Å². The van der Waals surface area contributed by atoms with Crippen LogP contribution in [0.25, 0.3) is 0 Å². The lowest BCUT2D eigenvalue weighted by Gasteiger charge is -2.20. The summed E-state index contributed by atoms with van der Waals surface area (Å²) in [4.78, 5) is 0. The Hall–Kier alpha value is -2.00. The van der Waals surface area contributed by atoms with Crippen LogP contribution >= 0.6 is 0 Å². The van der Waals surface area contributed by atoms with Crippen molar-refractivity contribution in [1.82, 2.24) is 0 Å². The van der Waals surface area contributed by atoms with E-state index in [0.29, 0.717) is 12.5 Å². The Labute approximate surface area is 126 Å². The van der Waals surface area contributed by atoms with Crippen LogP contribution in [0.15, 0.2) is 54.6 Å². The van der Waals surface area contributed by atoms with Gasteiger partial charge >= 0.3 is 0 Å². The van der Waals surface area contributed by atoms with Gasteiger partial charge in [-0.2, -0.15) is 0 Å². The number of nitrogens with two attached hydrogens (primary N) is 1. The molecule has 0 aromatic heterocycles. The number of methoxy groups -OCH3 is 1. The minimum absolute atomic E-state index is 0.0469. The minimum atomic E-state index is 0.0469. The van der Waals surface area contributed by atoms with Gasteiger partial charge in [0.15, 0.2) is 0 Å². The summed E-state index contributed by atoms with van der Waals surface area (Å²) in [6.07, 6.45) is 0.919. The second-order valence-electron chi connectivity index (χ2n) is 5.23. The third-order valence-corrected chi connectivity index (χ3v) is 3.70. The van der Waals surface area contributed by atoms with Gasteiger partial charge < -0.3 is 15.2 Å². The highest BCUT2D eigenvalue weighted by atomic mass is 16.5. The largest absolute Gasteiger partial charge is 0.497 e. The maximum atomic E-state index is 6.28. The van der Waals surface area contributed by atoms with Gasteiger partial charge in [0.25, 0.3) is 0 Å². The summed E-state index contributed by atoms with van der Waals surface area (Å²) in [5, 5.41) is 0. The molecule has 0 amide bonds. The molecule has 0 saturated heterocycles. The fraction of sp³-hybridized carbons (Fsp3) is 0.333. The van der Waals surface area contributed by atoms with Crippen LogP contribution in [-0.2, 0) is 0 Å². The summed E-state index contributed by atoms with van der Waals surface area (Å²) in [7, 11) is 1.66. The molecule has 2 rings (SSSR count). The summed E-state index contributed by atoms with van der Waals surface area (Å²) in [6, 6.07) is 17.9. The molecular formula is C18H23NO2. The topological polar surface area (TPSA) is 44.5 Å². The quantitative estimate of drug-likeness (QED) is 0.841. The van der Waals surface area contributed by atoms with Crippen LogP contribution in [-0.4, -0.2) is 13.7 Å². The summed E-state index contributed by atoms with van der Waals surface area (Å²) in [5.41, 5.74) is 7.46. The summed E-state index contributed by atoms with van der Waals surface area (Å²) >= 11 is 0. The molecular weight excluding hydrogens is 262 g/mol. The van der Waals surface area contributed by atoms with Gasteiger partial charge in [-0.15, -0.1) is 0 Å². The SMILES string of the molecule is COc1ccc(OCCC(C)C(N)c2ccccc2)cc1. The van der Waals surface area contributed by atoms with Crippen LogP contribution in [0.2, 0.25) is 0 Å². The molecule has 2 aromatic carbocycles. The molecule has 0 spiro atoms. The first kappa shape index (κ1) is 15.4. The lowest BCUT2D eigenvalue weighted by atomic mass is 9.93. The first-order valence-electron chi connectivity index (χ1n) is 7.28. The zero-order chi connectivity index (χ0) is 15.1. The Balaban J connectivity index is 1.79. The van der Waals surface area contributed by atoms with E-state index in [1.165, 1.54) is 5.56 Å². The molecule has 3 heteroatoms. The molecule has 2 atom stereocenters. The van der Waals surface area contributed by atoms with Crippen LogP contribution in [0.4, 0.5) is 0 Å². The minimum Gasteiger partial charge on any atom is -0.497 e. The highest BCUT2D eigenvalue weighted by Crippen LogP contribution is 2.23. The smallest absolute Gasteiger partial charge is 0.119 e. The molecule has 0 bridgehead atoms. The average molecular weight is 285 g/mol. The molecule has 2 N–H and O–H groups in total. The van der Waals surface area contributed by atoms with Crippen molar-refractivity contribution in [3.63, 3.8) is 0 Å². The van der Waals surface area contributed by atoms with Gasteiger partial charge in [-0.25, -0.2) is 0 Å². The monoisotopic (exact) mass is 285 g/mol. The van der Waals surface area contributed by atoms with E-state index in [9.17, 15) is 0 Å². The summed E-state index contributed by atoms with van der Waals surface area (Å²) in [5.74, 6) is 2.06. The predicted octanol–water partition coefficient (Wildman–Crippen LogP) is 3.80. The molecule has 112 valence electrons. The molecule has 3 nitrogen and oxygen atoms in total. The summed E-state index contributed by atoms with van der Waals surface area (Å²) in [6.45, 7) is 2.82. The first-order valence-corrected chi connectivity index (χ1v) is 7.28. The van der Waals surface area contributed by atoms with E-state index in [1.807, 2.05) is 42.5 Å². The maximum Gasteiger partial charge on any atom is 0.119 e. The predicted molar refractivity (Wildman–Crippen MR) is 85.6 cm³/mol. The fourth-order valence-electron chi connectivity index (χ4n) is 2.22. The van der Waals surface area contributed by atoms with Gasteiger partial charge in [-0.05, 0) is 42.2 Å². The Bertz CT molecular complexity index is 525. The van der Waals surface area contributed by atoms with Crippen LogP contribution in [0, 0.1) is 5.92 Å². The van der Waals surface area contributed by atoms with Crippen molar-refractivity contribution in [2.75, 3.05) is 13.7 Å². The van der Waals surface area contributed by atoms with Crippen molar-refractivity contribution in [1.29, 1.82) is 0 Å². The van der Waals surface area contributed by atoms with Gasteiger partial charge in [-0.1, -0.05) is 37.3 Å². The fourth-order valence-corrected chi connectivity index (χ4v) is 2.22. The molecule has 0 aliphatic carbocycles. The number of hydrogen-bond acceptors (Lipinski definition) is 3. The van der Waals surface area contributed by atoms with Crippen molar-refractivity contribution < 1.29 is 9.47 Å². The van der Waals surface area contributed by atoms with E-state index < -0.39 is 0 Å². The molecule has 0 heterocycles. The van der Waals surface area contributed by atoms with Crippen molar-refractivity contribution in [3.05, 3.63) is 60.2 Å². The molecule has 0 fully saturated rings. The molecule has 2 unspecified atom stereocenters. The Morgan fingerprint density at radius 3 is 2.19 bits per heavy atom. The van der Waals surface area contributed by atoms with E-state index in [2.05, 4.69) is 19.1 Å². The van der Waals surface area contributed by atoms with Gasteiger partial charge in [0.05, 0.1) is 13.7 Å².